The van der Waals surface area contributed by atoms with Crippen molar-refractivity contribution in [3.05, 3.63) is 29.4 Å². The Morgan fingerprint density at radius 2 is 2.38 bits per heavy atom. The van der Waals surface area contributed by atoms with E-state index in [2.05, 4.69) is 27.4 Å². The standard InChI is InChI=1S/C10H12N4S2/c1-2-11-9-5-3-4-8(13-9)6-15-10-14-12-7-16-10/h3-5,7H,2,6H2,1H3,(H,11,13). The van der Waals surface area contributed by atoms with Crippen LogP contribution in [0.25, 0.3) is 0 Å². The molecule has 0 unspecified atom stereocenters. The van der Waals surface area contributed by atoms with Gasteiger partial charge in [0.25, 0.3) is 0 Å². The molecule has 16 heavy (non-hydrogen) atoms. The van der Waals surface area contributed by atoms with Crippen molar-refractivity contribution in [1.29, 1.82) is 0 Å². The van der Waals surface area contributed by atoms with Gasteiger partial charge in [-0.1, -0.05) is 29.2 Å². The Labute approximate surface area is 103 Å². The van der Waals surface area contributed by atoms with Crippen molar-refractivity contribution in [3.63, 3.8) is 0 Å². The fourth-order valence-corrected chi connectivity index (χ4v) is 2.59. The van der Waals surface area contributed by atoms with Crippen LogP contribution in [0, 0.1) is 0 Å². The van der Waals surface area contributed by atoms with Crippen molar-refractivity contribution in [3.8, 4) is 0 Å². The zero-order valence-electron chi connectivity index (χ0n) is 8.88. The van der Waals surface area contributed by atoms with E-state index in [-0.39, 0.29) is 0 Å². The molecule has 0 saturated heterocycles. The maximum absolute atomic E-state index is 4.49. The molecule has 1 N–H and O–H groups in total. The van der Waals surface area contributed by atoms with Gasteiger partial charge in [0.2, 0.25) is 0 Å². The Bertz CT molecular complexity index is 430. The molecule has 0 aliphatic rings. The SMILES string of the molecule is CCNc1cccc(CSc2nncs2)n1. The minimum atomic E-state index is 0.828. The average molecular weight is 252 g/mol. The smallest absolute Gasteiger partial charge is 0.174 e. The van der Waals surface area contributed by atoms with Crippen LogP contribution in [0.5, 0.6) is 0 Å². The average Bonchev–Trinajstić information content (AvgIpc) is 2.80. The molecule has 84 valence electrons. The van der Waals surface area contributed by atoms with Crippen LogP contribution >= 0.6 is 23.1 Å². The van der Waals surface area contributed by atoms with E-state index in [1.807, 2.05) is 18.2 Å². The molecule has 6 heteroatoms. The third kappa shape index (κ3) is 3.18. The lowest BCUT2D eigenvalue weighted by atomic mass is 10.4. The van der Waals surface area contributed by atoms with Gasteiger partial charge in [-0.2, -0.15) is 0 Å². The summed E-state index contributed by atoms with van der Waals surface area (Å²) in [6.07, 6.45) is 0. The van der Waals surface area contributed by atoms with Gasteiger partial charge in [0, 0.05) is 12.3 Å². The van der Waals surface area contributed by atoms with E-state index >= 15 is 0 Å². The molecule has 2 aromatic rings. The first-order valence-corrected chi connectivity index (χ1v) is 6.84. The molecule has 0 aromatic carbocycles. The van der Waals surface area contributed by atoms with Gasteiger partial charge in [-0.3, -0.25) is 0 Å². The van der Waals surface area contributed by atoms with E-state index in [9.17, 15) is 0 Å². The molecular weight excluding hydrogens is 240 g/mol. The molecule has 0 saturated carbocycles. The van der Waals surface area contributed by atoms with Crippen LogP contribution in [-0.2, 0) is 5.75 Å². The van der Waals surface area contributed by atoms with Gasteiger partial charge in [-0.15, -0.1) is 10.2 Å². The number of hydrogen-bond donors (Lipinski definition) is 1. The van der Waals surface area contributed by atoms with Crippen LogP contribution < -0.4 is 5.32 Å². The second-order valence-corrected chi connectivity index (χ2v) is 5.09. The predicted octanol–water partition coefficient (Wildman–Crippen LogP) is 2.66. The molecule has 0 atom stereocenters. The number of nitrogens with one attached hydrogen (secondary N) is 1. The molecule has 0 aliphatic carbocycles. The summed E-state index contributed by atoms with van der Waals surface area (Å²) < 4.78 is 0.982. The molecule has 0 amide bonds. The lowest BCUT2D eigenvalue weighted by Crippen LogP contribution is -2.00. The summed E-state index contributed by atoms with van der Waals surface area (Å²) in [7, 11) is 0. The van der Waals surface area contributed by atoms with Gasteiger partial charge in [0.15, 0.2) is 4.34 Å². The van der Waals surface area contributed by atoms with Crippen molar-refractivity contribution < 1.29 is 0 Å². The Kier molecular flexibility index (Phi) is 4.12. The largest absolute Gasteiger partial charge is 0.370 e. The van der Waals surface area contributed by atoms with Gasteiger partial charge in [0.05, 0.1) is 5.69 Å². The maximum atomic E-state index is 4.49. The summed E-state index contributed by atoms with van der Waals surface area (Å²) in [4.78, 5) is 4.49. The Morgan fingerprint density at radius 1 is 1.44 bits per heavy atom. The fourth-order valence-electron chi connectivity index (χ4n) is 1.20. The first-order valence-electron chi connectivity index (χ1n) is 4.97. The molecule has 0 aliphatic heterocycles. The summed E-state index contributed by atoms with van der Waals surface area (Å²) in [6, 6.07) is 6.01. The van der Waals surface area contributed by atoms with Crippen LogP contribution in [0.2, 0.25) is 0 Å². The number of aromatic nitrogens is 3. The summed E-state index contributed by atoms with van der Waals surface area (Å²) >= 11 is 3.22. The van der Waals surface area contributed by atoms with Crippen molar-refractivity contribution >= 4 is 28.9 Å². The minimum absolute atomic E-state index is 0.828. The Morgan fingerprint density at radius 3 is 3.12 bits per heavy atom. The fraction of sp³-hybridized carbons (Fsp3) is 0.300. The number of hydrogen-bond acceptors (Lipinski definition) is 6. The van der Waals surface area contributed by atoms with Crippen LogP contribution in [0.3, 0.4) is 0 Å². The van der Waals surface area contributed by atoms with Crippen molar-refractivity contribution in [1.82, 2.24) is 15.2 Å². The van der Waals surface area contributed by atoms with Gasteiger partial charge >= 0.3 is 0 Å². The Balaban J connectivity index is 1.96. The van der Waals surface area contributed by atoms with Crippen molar-refractivity contribution in [2.75, 3.05) is 11.9 Å². The zero-order valence-corrected chi connectivity index (χ0v) is 10.5. The quantitative estimate of drug-likeness (QED) is 0.829. The highest BCUT2D eigenvalue weighted by molar-refractivity contribution is 8.00. The number of rotatable bonds is 5. The lowest BCUT2D eigenvalue weighted by molar-refractivity contribution is 1.01. The second kappa shape index (κ2) is 5.81. The first kappa shape index (κ1) is 11.3. The topological polar surface area (TPSA) is 50.7 Å². The van der Waals surface area contributed by atoms with Gasteiger partial charge < -0.3 is 5.32 Å². The van der Waals surface area contributed by atoms with Gasteiger partial charge in [0.1, 0.15) is 11.3 Å². The van der Waals surface area contributed by atoms with Crippen LogP contribution in [0.1, 0.15) is 12.6 Å². The molecule has 0 bridgehead atoms. The van der Waals surface area contributed by atoms with Crippen molar-refractivity contribution in [2.45, 2.75) is 17.0 Å². The summed E-state index contributed by atoms with van der Waals surface area (Å²) in [5.41, 5.74) is 2.80. The summed E-state index contributed by atoms with van der Waals surface area (Å²) in [6.45, 7) is 2.95. The normalized spacial score (nSPS) is 10.3. The molecule has 2 aromatic heterocycles. The summed E-state index contributed by atoms with van der Waals surface area (Å²) in [5.74, 6) is 1.76. The van der Waals surface area contributed by atoms with Crippen LogP contribution in [-0.4, -0.2) is 21.7 Å². The van der Waals surface area contributed by atoms with Crippen LogP contribution in [0.4, 0.5) is 5.82 Å². The predicted molar refractivity (Wildman–Crippen MR) is 67.9 cm³/mol. The van der Waals surface area contributed by atoms with Crippen LogP contribution in [0.15, 0.2) is 28.0 Å². The van der Waals surface area contributed by atoms with E-state index in [1.54, 1.807) is 28.6 Å². The number of anilines is 1. The van der Waals surface area contributed by atoms with Crippen molar-refractivity contribution in [2.24, 2.45) is 0 Å². The second-order valence-electron chi connectivity index (χ2n) is 3.04. The monoisotopic (exact) mass is 252 g/mol. The first-order chi connectivity index (χ1) is 7.88. The maximum Gasteiger partial charge on any atom is 0.174 e. The molecule has 4 nitrogen and oxygen atoms in total. The lowest BCUT2D eigenvalue weighted by Gasteiger charge is -2.04. The molecule has 2 heterocycles. The van der Waals surface area contributed by atoms with E-state index in [0.717, 1.165) is 28.1 Å². The third-order valence-electron chi connectivity index (χ3n) is 1.85. The molecule has 0 fully saturated rings. The molecule has 0 radical (unpaired) electrons. The van der Waals surface area contributed by atoms with E-state index in [4.69, 9.17) is 0 Å². The number of nitrogens with zero attached hydrogens (tertiary/aromatic N) is 3. The highest BCUT2D eigenvalue weighted by Gasteiger charge is 2.01. The van der Waals surface area contributed by atoms with Gasteiger partial charge in [-0.25, -0.2) is 4.98 Å². The zero-order chi connectivity index (χ0) is 11.2. The van der Waals surface area contributed by atoms with Gasteiger partial charge in [-0.05, 0) is 19.1 Å². The van der Waals surface area contributed by atoms with E-state index in [1.165, 1.54) is 0 Å². The minimum Gasteiger partial charge on any atom is -0.370 e. The molecular formula is C10H12N4S2. The van der Waals surface area contributed by atoms with E-state index in [0.29, 0.717) is 0 Å². The molecule has 0 spiro atoms. The highest BCUT2D eigenvalue weighted by Crippen LogP contribution is 2.23. The van der Waals surface area contributed by atoms with E-state index < -0.39 is 0 Å². The Hall–Kier alpha value is -1.14. The summed E-state index contributed by atoms with van der Waals surface area (Å²) in [5, 5.41) is 11.0. The third-order valence-corrected chi connectivity index (χ3v) is 3.74. The number of thioether (sulfide) groups is 1. The number of pyridine rings is 1. The molecule has 2 rings (SSSR count). The highest BCUT2D eigenvalue weighted by atomic mass is 32.2.